The van der Waals surface area contributed by atoms with E-state index >= 15 is 0 Å². The quantitative estimate of drug-likeness (QED) is 0.578. The number of rotatable bonds is 5. The van der Waals surface area contributed by atoms with Crippen molar-refractivity contribution in [3.8, 4) is 6.07 Å². The van der Waals surface area contributed by atoms with Crippen molar-refractivity contribution < 1.29 is 22.8 Å². The standard InChI is InChI=1S/C21H26N6O5S/c22-14-16-4-6-17(7-5-16)33(31,32)26-12-10-25(11-13-26)15-18(28)24-27-19(29)21(23-20(27)30)8-2-1-3-9-21/h4-7H,1-3,8-13,15H2,(H,23,30)(H,24,28). The molecule has 33 heavy (non-hydrogen) atoms. The molecule has 3 aliphatic rings. The van der Waals surface area contributed by atoms with Gasteiger partial charge in [0.05, 0.1) is 23.1 Å². The number of hydrogen-bond donors (Lipinski definition) is 2. The highest BCUT2D eigenvalue weighted by atomic mass is 32.2. The van der Waals surface area contributed by atoms with Gasteiger partial charge in [0.15, 0.2) is 0 Å². The highest BCUT2D eigenvalue weighted by Gasteiger charge is 2.52. The van der Waals surface area contributed by atoms with Crippen LogP contribution in [0.3, 0.4) is 0 Å². The van der Waals surface area contributed by atoms with E-state index in [9.17, 15) is 22.8 Å². The minimum absolute atomic E-state index is 0.0607. The number of urea groups is 1. The molecule has 11 nitrogen and oxygen atoms in total. The Balaban J connectivity index is 1.30. The summed E-state index contributed by atoms with van der Waals surface area (Å²) in [5.41, 5.74) is 1.88. The summed E-state index contributed by atoms with van der Waals surface area (Å²) in [6.45, 7) is 0.985. The number of amides is 4. The summed E-state index contributed by atoms with van der Waals surface area (Å²) < 4.78 is 27.0. The van der Waals surface area contributed by atoms with E-state index < -0.39 is 33.4 Å². The Morgan fingerprint density at radius 1 is 1.06 bits per heavy atom. The number of benzene rings is 1. The lowest BCUT2D eigenvalue weighted by molar-refractivity contribution is -0.140. The van der Waals surface area contributed by atoms with Gasteiger partial charge < -0.3 is 5.32 Å². The van der Waals surface area contributed by atoms with Crippen molar-refractivity contribution in [2.75, 3.05) is 32.7 Å². The van der Waals surface area contributed by atoms with Gasteiger partial charge in [-0.25, -0.2) is 13.2 Å². The van der Waals surface area contributed by atoms with E-state index in [4.69, 9.17) is 5.26 Å². The molecule has 4 amide bonds. The lowest BCUT2D eigenvalue weighted by Gasteiger charge is -2.33. The molecule has 0 bridgehead atoms. The van der Waals surface area contributed by atoms with Crippen LogP contribution in [0, 0.1) is 11.3 Å². The van der Waals surface area contributed by atoms with Crippen LogP contribution in [-0.4, -0.2) is 78.7 Å². The minimum atomic E-state index is -3.70. The van der Waals surface area contributed by atoms with Crippen molar-refractivity contribution in [2.45, 2.75) is 42.5 Å². The zero-order valence-electron chi connectivity index (χ0n) is 18.1. The molecule has 1 spiro atoms. The maximum absolute atomic E-state index is 12.8. The molecule has 2 saturated heterocycles. The second kappa shape index (κ2) is 9.09. The van der Waals surface area contributed by atoms with Crippen LogP contribution in [0.5, 0.6) is 0 Å². The monoisotopic (exact) mass is 474 g/mol. The molecule has 2 aliphatic heterocycles. The molecule has 0 aromatic heterocycles. The topological polar surface area (TPSA) is 143 Å². The largest absolute Gasteiger partial charge is 0.344 e. The van der Waals surface area contributed by atoms with Gasteiger partial charge in [0.2, 0.25) is 10.0 Å². The van der Waals surface area contributed by atoms with E-state index in [2.05, 4.69) is 10.7 Å². The molecule has 2 heterocycles. The number of imide groups is 1. The Kier molecular flexibility index (Phi) is 6.38. The van der Waals surface area contributed by atoms with Gasteiger partial charge in [-0.05, 0) is 37.1 Å². The van der Waals surface area contributed by atoms with Crippen molar-refractivity contribution in [3.63, 3.8) is 0 Å². The van der Waals surface area contributed by atoms with Gasteiger partial charge in [-0.3, -0.25) is 19.9 Å². The van der Waals surface area contributed by atoms with Crippen molar-refractivity contribution in [3.05, 3.63) is 29.8 Å². The van der Waals surface area contributed by atoms with Crippen LogP contribution in [0.4, 0.5) is 4.79 Å². The Hall–Kier alpha value is -3.01. The highest BCUT2D eigenvalue weighted by molar-refractivity contribution is 7.89. The van der Waals surface area contributed by atoms with Crippen molar-refractivity contribution >= 4 is 27.9 Å². The smallest absolute Gasteiger partial charge is 0.322 e. The lowest BCUT2D eigenvalue weighted by Crippen LogP contribution is -2.54. The molecule has 3 fully saturated rings. The lowest BCUT2D eigenvalue weighted by atomic mass is 9.82. The van der Waals surface area contributed by atoms with Crippen LogP contribution in [0.25, 0.3) is 0 Å². The highest BCUT2D eigenvalue weighted by Crippen LogP contribution is 2.33. The first-order valence-corrected chi connectivity index (χ1v) is 12.4. The van der Waals surface area contributed by atoms with E-state index in [1.165, 1.54) is 28.6 Å². The van der Waals surface area contributed by atoms with Gasteiger partial charge in [0.1, 0.15) is 5.54 Å². The number of carbonyl (C=O) groups excluding carboxylic acids is 3. The third-order valence-corrected chi connectivity index (χ3v) is 8.34. The summed E-state index contributed by atoms with van der Waals surface area (Å²) in [7, 11) is -3.70. The van der Waals surface area contributed by atoms with E-state index in [-0.39, 0.29) is 24.5 Å². The van der Waals surface area contributed by atoms with Gasteiger partial charge >= 0.3 is 6.03 Å². The summed E-state index contributed by atoms with van der Waals surface area (Å²) in [6.07, 6.45) is 3.86. The van der Waals surface area contributed by atoms with E-state index in [1.807, 2.05) is 6.07 Å². The molecule has 12 heteroatoms. The number of carbonyl (C=O) groups is 3. The molecule has 1 aromatic rings. The third kappa shape index (κ3) is 4.57. The van der Waals surface area contributed by atoms with Crippen LogP contribution in [0.2, 0.25) is 0 Å². The van der Waals surface area contributed by atoms with E-state index in [0.29, 0.717) is 31.5 Å². The number of nitriles is 1. The molecule has 0 radical (unpaired) electrons. The first-order chi connectivity index (χ1) is 15.7. The first kappa shape index (κ1) is 23.2. The summed E-state index contributed by atoms with van der Waals surface area (Å²) in [6, 6.07) is 7.07. The fraction of sp³-hybridized carbons (Fsp3) is 0.524. The normalized spacial score (nSPS) is 21.6. The van der Waals surface area contributed by atoms with Crippen molar-refractivity contribution in [1.29, 1.82) is 5.26 Å². The number of sulfonamides is 1. The molecular weight excluding hydrogens is 448 g/mol. The molecule has 1 saturated carbocycles. The maximum atomic E-state index is 12.8. The predicted molar refractivity (Wildman–Crippen MR) is 116 cm³/mol. The predicted octanol–water partition coefficient (Wildman–Crippen LogP) is 0.150. The Bertz CT molecular complexity index is 1080. The average Bonchev–Trinajstić information content (AvgIpc) is 3.03. The van der Waals surface area contributed by atoms with E-state index in [1.54, 1.807) is 4.90 Å². The van der Waals surface area contributed by atoms with Gasteiger partial charge in [-0.1, -0.05) is 19.3 Å². The number of nitrogens with one attached hydrogen (secondary N) is 2. The third-order valence-electron chi connectivity index (χ3n) is 6.43. The van der Waals surface area contributed by atoms with Crippen molar-refractivity contribution in [1.82, 2.24) is 25.0 Å². The SMILES string of the molecule is N#Cc1ccc(S(=O)(=O)N2CCN(CC(=O)NN3C(=O)NC4(CCCCC4)C3=O)CC2)cc1. The van der Waals surface area contributed by atoms with Crippen LogP contribution in [0.15, 0.2) is 29.2 Å². The van der Waals surface area contributed by atoms with Gasteiger partial charge in [-0.15, -0.1) is 0 Å². The maximum Gasteiger partial charge on any atom is 0.344 e. The molecule has 176 valence electrons. The Labute approximate surface area is 192 Å². The molecular formula is C21H26N6O5S. The fourth-order valence-corrected chi connectivity index (χ4v) is 5.98. The molecule has 0 atom stereocenters. The van der Waals surface area contributed by atoms with Crippen LogP contribution in [-0.2, 0) is 19.6 Å². The van der Waals surface area contributed by atoms with E-state index in [0.717, 1.165) is 24.3 Å². The van der Waals surface area contributed by atoms with Crippen LogP contribution >= 0.6 is 0 Å². The van der Waals surface area contributed by atoms with Crippen LogP contribution in [0.1, 0.15) is 37.7 Å². The van der Waals surface area contributed by atoms with Gasteiger partial charge in [-0.2, -0.15) is 14.6 Å². The molecule has 2 N–H and O–H groups in total. The number of nitrogens with zero attached hydrogens (tertiary/aromatic N) is 4. The minimum Gasteiger partial charge on any atom is -0.322 e. The zero-order valence-corrected chi connectivity index (χ0v) is 18.9. The fourth-order valence-electron chi connectivity index (χ4n) is 4.56. The number of hydrazine groups is 1. The molecule has 4 rings (SSSR count). The van der Waals surface area contributed by atoms with Crippen molar-refractivity contribution in [2.24, 2.45) is 0 Å². The van der Waals surface area contributed by atoms with Crippen LogP contribution < -0.4 is 10.7 Å². The second-order valence-corrected chi connectivity index (χ2v) is 10.5. The second-order valence-electron chi connectivity index (χ2n) is 8.56. The summed E-state index contributed by atoms with van der Waals surface area (Å²) in [4.78, 5) is 39.5. The van der Waals surface area contributed by atoms with Gasteiger partial charge in [0.25, 0.3) is 11.8 Å². The first-order valence-electron chi connectivity index (χ1n) is 10.9. The molecule has 1 aliphatic carbocycles. The Morgan fingerprint density at radius 3 is 2.30 bits per heavy atom. The van der Waals surface area contributed by atoms with Gasteiger partial charge in [0, 0.05) is 26.2 Å². The molecule has 0 unspecified atom stereocenters. The Morgan fingerprint density at radius 2 is 1.70 bits per heavy atom. The molecule has 1 aromatic carbocycles. The number of piperazine rings is 1. The number of hydrogen-bond acceptors (Lipinski definition) is 7. The summed E-state index contributed by atoms with van der Waals surface area (Å²) in [5.74, 6) is -0.923. The zero-order chi connectivity index (χ0) is 23.6. The average molecular weight is 475 g/mol. The summed E-state index contributed by atoms with van der Waals surface area (Å²) >= 11 is 0. The summed E-state index contributed by atoms with van der Waals surface area (Å²) in [5, 5.41) is 12.4.